The van der Waals surface area contributed by atoms with E-state index in [1.54, 1.807) is 17.3 Å². The summed E-state index contributed by atoms with van der Waals surface area (Å²) in [4.78, 5) is 22.5. The van der Waals surface area contributed by atoms with E-state index in [1.165, 1.54) is 0 Å². The van der Waals surface area contributed by atoms with Crippen LogP contribution in [0.4, 0.5) is 16.3 Å². The van der Waals surface area contributed by atoms with Gasteiger partial charge in [-0.05, 0) is 18.6 Å². The van der Waals surface area contributed by atoms with E-state index in [9.17, 15) is 9.90 Å². The summed E-state index contributed by atoms with van der Waals surface area (Å²) in [6, 6.07) is 7.42. The van der Waals surface area contributed by atoms with Gasteiger partial charge in [-0.15, -0.1) is 0 Å². The minimum atomic E-state index is -0.421. The summed E-state index contributed by atoms with van der Waals surface area (Å²) in [5, 5.41) is 15.4. The fourth-order valence-electron chi connectivity index (χ4n) is 3.16. The summed E-state index contributed by atoms with van der Waals surface area (Å²) >= 11 is 0. The lowest BCUT2D eigenvalue weighted by molar-refractivity contribution is 0.176. The Hall–Kier alpha value is -3.13. The van der Waals surface area contributed by atoms with Crippen molar-refractivity contribution in [2.75, 3.05) is 30.8 Å². The smallest absolute Gasteiger partial charge is 0.321 e. The van der Waals surface area contributed by atoms with Gasteiger partial charge in [0.15, 0.2) is 11.5 Å². The van der Waals surface area contributed by atoms with E-state index in [1.807, 2.05) is 41.9 Å². The minimum absolute atomic E-state index is 0.186. The molecule has 1 fully saturated rings. The van der Waals surface area contributed by atoms with Crippen LogP contribution in [0, 0.1) is 0 Å². The Morgan fingerprint density at radius 3 is 2.77 bits per heavy atom. The fourth-order valence-corrected chi connectivity index (χ4v) is 3.16. The number of hydrogen-bond donors (Lipinski definition) is 3. The number of β-amino-alcohol motifs (C(OH)–C–C–N with tert-alkyl or cyclic N) is 1. The first kappa shape index (κ1) is 16.3. The topological polar surface area (TPSA) is 94.8 Å². The van der Waals surface area contributed by atoms with Gasteiger partial charge < -0.3 is 20.6 Å². The van der Waals surface area contributed by atoms with Crippen molar-refractivity contribution in [3.63, 3.8) is 0 Å². The van der Waals surface area contributed by atoms with Crippen molar-refractivity contribution in [1.29, 1.82) is 0 Å². The molecule has 26 heavy (non-hydrogen) atoms. The Morgan fingerprint density at radius 2 is 2.08 bits per heavy atom. The monoisotopic (exact) mass is 352 g/mol. The van der Waals surface area contributed by atoms with Crippen molar-refractivity contribution in [1.82, 2.24) is 19.3 Å². The Morgan fingerprint density at radius 1 is 1.27 bits per heavy atom. The van der Waals surface area contributed by atoms with Crippen molar-refractivity contribution in [2.45, 2.75) is 12.5 Å². The summed E-state index contributed by atoms with van der Waals surface area (Å²) in [6.07, 6.45) is 5.60. The molecule has 1 aliphatic heterocycles. The predicted molar refractivity (Wildman–Crippen MR) is 99.2 cm³/mol. The van der Waals surface area contributed by atoms with Gasteiger partial charge in [-0.25, -0.2) is 14.8 Å². The Labute approximate surface area is 150 Å². The first-order valence-corrected chi connectivity index (χ1v) is 8.50. The van der Waals surface area contributed by atoms with E-state index in [0.29, 0.717) is 25.2 Å². The number of rotatable bonds is 3. The molecular weight excluding hydrogens is 332 g/mol. The van der Waals surface area contributed by atoms with E-state index in [-0.39, 0.29) is 6.03 Å². The number of urea groups is 1. The molecule has 1 saturated heterocycles. The number of imidazole rings is 1. The third kappa shape index (κ3) is 2.95. The molecule has 3 aromatic rings. The van der Waals surface area contributed by atoms with E-state index < -0.39 is 6.10 Å². The van der Waals surface area contributed by atoms with Crippen LogP contribution in [0.2, 0.25) is 0 Å². The number of nitrogens with zero attached hydrogens (tertiary/aromatic N) is 4. The fraction of sp³-hybridized carbons (Fsp3) is 0.278. The number of hydrogen-bond acceptors (Lipinski definition) is 5. The summed E-state index contributed by atoms with van der Waals surface area (Å²) in [5.74, 6) is 0.718. The molecule has 1 aromatic carbocycles. The second-order valence-electron chi connectivity index (χ2n) is 6.26. The van der Waals surface area contributed by atoms with Crippen molar-refractivity contribution in [3.8, 4) is 11.3 Å². The van der Waals surface area contributed by atoms with Gasteiger partial charge in [0, 0.05) is 43.8 Å². The average molecular weight is 352 g/mol. The minimum Gasteiger partial charge on any atom is -0.391 e. The van der Waals surface area contributed by atoms with Crippen LogP contribution < -0.4 is 10.6 Å². The highest BCUT2D eigenvalue weighted by Crippen LogP contribution is 2.24. The van der Waals surface area contributed by atoms with Gasteiger partial charge in [-0.1, -0.05) is 12.1 Å². The summed E-state index contributed by atoms with van der Waals surface area (Å²) < 4.78 is 1.97. The molecule has 0 unspecified atom stereocenters. The van der Waals surface area contributed by atoms with Gasteiger partial charge >= 0.3 is 6.03 Å². The van der Waals surface area contributed by atoms with E-state index in [4.69, 9.17) is 0 Å². The highest BCUT2D eigenvalue weighted by atomic mass is 16.3. The zero-order valence-corrected chi connectivity index (χ0v) is 14.4. The van der Waals surface area contributed by atoms with Gasteiger partial charge in [0.25, 0.3) is 0 Å². The zero-order chi connectivity index (χ0) is 18.1. The standard InChI is InChI=1S/C18H20N6O2/c1-19-16-17-21-10-15(24(17)9-7-20-16)12-2-4-13(5-3-12)22-18(26)23-8-6-14(25)11-23/h2-5,7,9-10,14,25H,6,8,11H2,1H3,(H,19,20)(H,22,26)/t14-/m1/s1. The molecule has 8 nitrogen and oxygen atoms in total. The molecule has 1 atom stereocenters. The number of aliphatic hydroxyl groups excluding tert-OH is 1. The maximum Gasteiger partial charge on any atom is 0.321 e. The van der Waals surface area contributed by atoms with Crippen LogP contribution in [0.5, 0.6) is 0 Å². The molecule has 2 amide bonds. The average Bonchev–Trinajstić information content (AvgIpc) is 3.28. The number of aliphatic hydroxyl groups is 1. The molecule has 8 heteroatoms. The Bertz CT molecular complexity index is 937. The number of likely N-dealkylation sites (tertiary alicyclic amines) is 1. The number of aromatic nitrogens is 3. The molecular formula is C18H20N6O2. The Kier molecular flexibility index (Phi) is 4.18. The second kappa shape index (κ2) is 6.64. The highest BCUT2D eigenvalue weighted by Gasteiger charge is 2.24. The van der Waals surface area contributed by atoms with Crippen molar-refractivity contribution < 1.29 is 9.90 Å². The predicted octanol–water partition coefficient (Wildman–Crippen LogP) is 2.04. The Balaban J connectivity index is 1.54. The number of anilines is 2. The van der Waals surface area contributed by atoms with E-state index in [2.05, 4.69) is 20.6 Å². The normalized spacial score (nSPS) is 16.8. The molecule has 0 saturated carbocycles. The third-order valence-corrected chi connectivity index (χ3v) is 4.55. The van der Waals surface area contributed by atoms with Gasteiger partial charge in [-0.2, -0.15) is 0 Å². The van der Waals surface area contributed by atoms with Crippen LogP contribution in [0.1, 0.15) is 6.42 Å². The highest BCUT2D eigenvalue weighted by molar-refractivity contribution is 5.89. The zero-order valence-electron chi connectivity index (χ0n) is 14.4. The molecule has 3 N–H and O–H groups in total. The first-order chi connectivity index (χ1) is 12.7. The van der Waals surface area contributed by atoms with Gasteiger partial charge in [0.2, 0.25) is 0 Å². The molecule has 134 valence electrons. The van der Waals surface area contributed by atoms with Crippen molar-refractivity contribution in [2.24, 2.45) is 0 Å². The van der Waals surface area contributed by atoms with E-state index >= 15 is 0 Å². The number of carbonyl (C=O) groups excluding carboxylic acids is 1. The maximum absolute atomic E-state index is 12.2. The number of benzene rings is 1. The largest absolute Gasteiger partial charge is 0.391 e. The molecule has 0 spiro atoms. The quantitative estimate of drug-likeness (QED) is 0.670. The maximum atomic E-state index is 12.2. The molecule has 0 radical (unpaired) electrons. The molecule has 2 aromatic heterocycles. The van der Waals surface area contributed by atoms with Gasteiger partial charge in [0.1, 0.15) is 0 Å². The molecule has 1 aliphatic rings. The SMILES string of the molecule is CNc1nccn2c(-c3ccc(NC(=O)N4CC[C@@H](O)C4)cc3)cnc12. The molecule has 3 heterocycles. The van der Waals surface area contributed by atoms with Crippen LogP contribution in [0.15, 0.2) is 42.9 Å². The lowest BCUT2D eigenvalue weighted by atomic mass is 10.1. The number of carbonyl (C=O) groups is 1. The van der Waals surface area contributed by atoms with Crippen molar-refractivity contribution in [3.05, 3.63) is 42.9 Å². The van der Waals surface area contributed by atoms with Gasteiger partial charge in [0.05, 0.1) is 18.0 Å². The van der Waals surface area contributed by atoms with Gasteiger partial charge in [-0.3, -0.25) is 4.40 Å². The van der Waals surface area contributed by atoms with Crippen LogP contribution in [-0.4, -0.2) is 56.6 Å². The number of fused-ring (bicyclic) bond motifs is 1. The summed E-state index contributed by atoms with van der Waals surface area (Å²) in [5.41, 5.74) is 3.40. The lowest BCUT2D eigenvalue weighted by Gasteiger charge is -2.16. The van der Waals surface area contributed by atoms with Crippen LogP contribution >= 0.6 is 0 Å². The van der Waals surface area contributed by atoms with Crippen LogP contribution in [-0.2, 0) is 0 Å². The summed E-state index contributed by atoms with van der Waals surface area (Å²) in [6.45, 7) is 0.961. The van der Waals surface area contributed by atoms with Crippen molar-refractivity contribution >= 4 is 23.2 Å². The van der Waals surface area contributed by atoms with Crippen LogP contribution in [0.25, 0.3) is 16.9 Å². The summed E-state index contributed by atoms with van der Waals surface area (Å²) in [7, 11) is 1.81. The van der Waals surface area contributed by atoms with E-state index in [0.717, 1.165) is 22.7 Å². The number of nitrogens with one attached hydrogen (secondary N) is 2. The third-order valence-electron chi connectivity index (χ3n) is 4.55. The number of amides is 2. The first-order valence-electron chi connectivity index (χ1n) is 8.50. The molecule has 4 rings (SSSR count). The molecule has 0 bridgehead atoms. The lowest BCUT2D eigenvalue weighted by Crippen LogP contribution is -2.33. The molecule has 0 aliphatic carbocycles. The van der Waals surface area contributed by atoms with Crippen LogP contribution in [0.3, 0.4) is 0 Å². The second-order valence-corrected chi connectivity index (χ2v) is 6.26.